The molecule has 1 saturated heterocycles. The molecule has 21 heavy (non-hydrogen) atoms. The molecule has 7 nitrogen and oxygen atoms in total. The van der Waals surface area contributed by atoms with Crippen LogP contribution in [0.5, 0.6) is 0 Å². The highest BCUT2D eigenvalue weighted by molar-refractivity contribution is 5.91. The Morgan fingerprint density at radius 2 is 2.48 bits per heavy atom. The normalized spacial score (nSPS) is 18.0. The predicted octanol–water partition coefficient (Wildman–Crippen LogP) is 0.633. The van der Waals surface area contributed by atoms with Gasteiger partial charge >= 0.3 is 0 Å². The zero-order valence-electron chi connectivity index (χ0n) is 12.1. The van der Waals surface area contributed by atoms with Gasteiger partial charge in [0.15, 0.2) is 0 Å². The molecule has 1 unspecified atom stereocenters. The molecule has 2 aromatic heterocycles. The van der Waals surface area contributed by atoms with E-state index in [4.69, 9.17) is 0 Å². The topological polar surface area (TPSA) is 87.6 Å². The number of rotatable bonds is 5. The smallest absolute Gasteiger partial charge is 0.271 e. The van der Waals surface area contributed by atoms with Crippen LogP contribution in [0, 0.1) is 0 Å². The predicted molar refractivity (Wildman–Crippen MR) is 77.9 cm³/mol. The lowest BCUT2D eigenvalue weighted by Crippen LogP contribution is -2.24. The van der Waals surface area contributed by atoms with Gasteiger partial charge in [-0.05, 0) is 19.9 Å². The van der Waals surface area contributed by atoms with Gasteiger partial charge in [0.05, 0.1) is 12.5 Å². The molecule has 0 saturated carbocycles. The van der Waals surface area contributed by atoms with Crippen LogP contribution in [0.15, 0.2) is 18.7 Å². The number of hydrogen-bond donors (Lipinski definition) is 3. The van der Waals surface area contributed by atoms with Crippen LogP contribution < -0.4 is 10.6 Å². The number of H-pyrrole nitrogens is 1. The molecule has 1 aliphatic heterocycles. The third-order valence-corrected chi connectivity index (χ3v) is 3.89. The van der Waals surface area contributed by atoms with Gasteiger partial charge in [-0.2, -0.15) is 5.10 Å². The molecular formula is C14H20N6O. The lowest BCUT2D eigenvalue weighted by atomic mass is 10.0. The van der Waals surface area contributed by atoms with E-state index in [0.29, 0.717) is 18.2 Å². The summed E-state index contributed by atoms with van der Waals surface area (Å²) in [5.41, 5.74) is 2.62. The number of amides is 1. The largest absolute Gasteiger partial charge is 0.346 e. The van der Waals surface area contributed by atoms with E-state index in [1.807, 2.05) is 11.5 Å². The average molecular weight is 288 g/mol. The molecule has 0 aromatic carbocycles. The first-order chi connectivity index (χ1) is 10.3. The maximum absolute atomic E-state index is 12.1. The lowest BCUT2D eigenvalue weighted by molar-refractivity contribution is 0.0946. The summed E-state index contributed by atoms with van der Waals surface area (Å²) in [5, 5.41) is 13.4. The van der Waals surface area contributed by atoms with Gasteiger partial charge in [0, 0.05) is 43.0 Å². The van der Waals surface area contributed by atoms with Gasteiger partial charge < -0.3 is 15.2 Å². The molecule has 112 valence electrons. The SMILES string of the molecule is CCn1cnc(C(=O)NCc2cn[nH]c2C2CCNC2)c1. The summed E-state index contributed by atoms with van der Waals surface area (Å²) in [6, 6.07) is 0. The number of imidazole rings is 1. The van der Waals surface area contributed by atoms with E-state index in [2.05, 4.69) is 25.8 Å². The highest BCUT2D eigenvalue weighted by Crippen LogP contribution is 2.23. The molecule has 3 N–H and O–H groups in total. The maximum Gasteiger partial charge on any atom is 0.271 e. The fraction of sp³-hybridized carbons (Fsp3) is 0.500. The van der Waals surface area contributed by atoms with Crippen molar-refractivity contribution in [1.82, 2.24) is 30.4 Å². The van der Waals surface area contributed by atoms with Crippen molar-refractivity contribution in [1.29, 1.82) is 0 Å². The van der Waals surface area contributed by atoms with Crippen LogP contribution in [0.3, 0.4) is 0 Å². The van der Waals surface area contributed by atoms with Crippen LogP contribution >= 0.6 is 0 Å². The van der Waals surface area contributed by atoms with Crippen molar-refractivity contribution in [2.75, 3.05) is 13.1 Å². The molecule has 2 aromatic rings. The van der Waals surface area contributed by atoms with Crippen LogP contribution in [0.2, 0.25) is 0 Å². The standard InChI is InChI=1S/C14H20N6O/c1-2-20-8-12(17-9-20)14(21)16-6-11-7-18-19-13(11)10-3-4-15-5-10/h7-10,15H,2-6H2,1H3,(H,16,21)(H,18,19). The molecule has 0 aliphatic carbocycles. The number of carbonyl (C=O) groups is 1. The van der Waals surface area contributed by atoms with E-state index >= 15 is 0 Å². The fourth-order valence-electron chi connectivity index (χ4n) is 2.63. The molecule has 0 spiro atoms. The third-order valence-electron chi connectivity index (χ3n) is 3.89. The van der Waals surface area contributed by atoms with Crippen molar-refractivity contribution in [2.24, 2.45) is 0 Å². The van der Waals surface area contributed by atoms with Gasteiger partial charge in [0.25, 0.3) is 5.91 Å². The summed E-state index contributed by atoms with van der Waals surface area (Å²) in [4.78, 5) is 16.2. The van der Waals surface area contributed by atoms with Crippen molar-refractivity contribution in [3.05, 3.63) is 35.7 Å². The number of aromatic amines is 1. The van der Waals surface area contributed by atoms with Gasteiger partial charge in [0.2, 0.25) is 0 Å². The molecule has 7 heteroatoms. The molecule has 3 heterocycles. The quantitative estimate of drug-likeness (QED) is 0.753. The highest BCUT2D eigenvalue weighted by atomic mass is 16.1. The van der Waals surface area contributed by atoms with Gasteiger partial charge in [0.1, 0.15) is 5.69 Å². The Balaban J connectivity index is 1.62. The average Bonchev–Trinajstić information content (AvgIpc) is 3.23. The van der Waals surface area contributed by atoms with Crippen molar-refractivity contribution in [2.45, 2.75) is 32.4 Å². The summed E-state index contributed by atoms with van der Waals surface area (Å²) in [5.74, 6) is 0.303. The highest BCUT2D eigenvalue weighted by Gasteiger charge is 2.21. The Hall–Kier alpha value is -2.15. The van der Waals surface area contributed by atoms with Crippen LogP contribution in [0.4, 0.5) is 0 Å². The Morgan fingerprint density at radius 3 is 3.19 bits per heavy atom. The minimum absolute atomic E-state index is 0.154. The van der Waals surface area contributed by atoms with Crippen LogP contribution in [0.25, 0.3) is 0 Å². The van der Waals surface area contributed by atoms with Crippen molar-refractivity contribution in [3.63, 3.8) is 0 Å². The second kappa shape index (κ2) is 6.09. The van der Waals surface area contributed by atoms with E-state index in [0.717, 1.165) is 37.3 Å². The van der Waals surface area contributed by atoms with E-state index in [1.54, 1.807) is 18.7 Å². The zero-order chi connectivity index (χ0) is 14.7. The minimum Gasteiger partial charge on any atom is -0.346 e. The summed E-state index contributed by atoms with van der Waals surface area (Å²) >= 11 is 0. The first kappa shape index (κ1) is 13.8. The first-order valence-corrected chi connectivity index (χ1v) is 7.30. The summed E-state index contributed by atoms with van der Waals surface area (Å²) in [7, 11) is 0. The number of carbonyl (C=O) groups excluding carboxylic acids is 1. The molecular weight excluding hydrogens is 268 g/mol. The second-order valence-electron chi connectivity index (χ2n) is 5.27. The summed E-state index contributed by atoms with van der Waals surface area (Å²) < 4.78 is 1.88. The van der Waals surface area contributed by atoms with E-state index in [-0.39, 0.29) is 5.91 Å². The first-order valence-electron chi connectivity index (χ1n) is 7.30. The van der Waals surface area contributed by atoms with Gasteiger partial charge in [-0.1, -0.05) is 0 Å². The molecule has 1 amide bonds. The second-order valence-corrected chi connectivity index (χ2v) is 5.27. The number of aromatic nitrogens is 4. The Labute approximate surface area is 123 Å². The lowest BCUT2D eigenvalue weighted by Gasteiger charge is -2.09. The zero-order valence-corrected chi connectivity index (χ0v) is 12.1. The molecule has 1 aliphatic rings. The monoisotopic (exact) mass is 288 g/mol. The van der Waals surface area contributed by atoms with E-state index < -0.39 is 0 Å². The molecule has 1 atom stereocenters. The van der Waals surface area contributed by atoms with Crippen molar-refractivity contribution >= 4 is 5.91 Å². The summed E-state index contributed by atoms with van der Waals surface area (Å²) in [6.07, 6.45) is 6.32. The number of aryl methyl sites for hydroxylation is 1. The van der Waals surface area contributed by atoms with Crippen molar-refractivity contribution in [3.8, 4) is 0 Å². The summed E-state index contributed by atoms with van der Waals surface area (Å²) in [6.45, 7) is 5.28. The third kappa shape index (κ3) is 2.97. The number of nitrogens with zero attached hydrogens (tertiary/aromatic N) is 3. The van der Waals surface area contributed by atoms with Gasteiger partial charge in [-0.3, -0.25) is 9.89 Å². The van der Waals surface area contributed by atoms with Crippen molar-refractivity contribution < 1.29 is 4.79 Å². The Bertz CT molecular complexity index is 611. The van der Waals surface area contributed by atoms with Gasteiger partial charge in [-0.25, -0.2) is 4.98 Å². The van der Waals surface area contributed by atoms with E-state index in [1.165, 1.54) is 0 Å². The molecule has 0 bridgehead atoms. The fourth-order valence-corrected chi connectivity index (χ4v) is 2.63. The van der Waals surface area contributed by atoms with Crippen LogP contribution in [-0.4, -0.2) is 38.7 Å². The number of hydrogen-bond acceptors (Lipinski definition) is 4. The molecule has 1 fully saturated rings. The van der Waals surface area contributed by atoms with Gasteiger partial charge in [-0.15, -0.1) is 0 Å². The van der Waals surface area contributed by atoms with Crippen LogP contribution in [0.1, 0.15) is 41.0 Å². The Morgan fingerprint density at radius 1 is 1.57 bits per heavy atom. The number of nitrogens with one attached hydrogen (secondary N) is 3. The molecule has 0 radical (unpaired) electrons. The Kier molecular flexibility index (Phi) is 4.01. The van der Waals surface area contributed by atoms with E-state index in [9.17, 15) is 4.79 Å². The minimum atomic E-state index is -0.154. The van der Waals surface area contributed by atoms with Crippen LogP contribution in [-0.2, 0) is 13.1 Å². The maximum atomic E-state index is 12.1. The molecule has 3 rings (SSSR count).